The van der Waals surface area contributed by atoms with Crippen LogP contribution in [0.25, 0.3) is 0 Å². The zero-order chi connectivity index (χ0) is 18.9. The van der Waals surface area contributed by atoms with Gasteiger partial charge in [0, 0.05) is 0 Å². The molecule has 8 nitrogen and oxygen atoms in total. The monoisotopic (exact) mass is 392 g/mol. The number of rotatable bonds is 14. The van der Waals surface area contributed by atoms with Crippen molar-refractivity contribution in [3.8, 4) is 0 Å². The highest BCUT2D eigenvalue weighted by atomic mass is 31.2. The van der Waals surface area contributed by atoms with Gasteiger partial charge in [0.15, 0.2) is 0 Å². The van der Waals surface area contributed by atoms with Crippen molar-refractivity contribution in [1.82, 2.24) is 0 Å². The van der Waals surface area contributed by atoms with Gasteiger partial charge in [-0.15, -0.1) is 0 Å². The Bertz CT molecular complexity index is 353. The predicted molar refractivity (Wildman–Crippen MR) is 93.5 cm³/mol. The van der Waals surface area contributed by atoms with Crippen LogP contribution in [-0.2, 0) is 18.2 Å². The maximum Gasteiger partial charge on any atom is 0.469 e. The molecule has 0 saturated heterocycles. The molecule has 0 unspecified atom stereocenters. The van der Waals surface area contributed by atoms with Crippen LogP contribution in [0.15, 0.2) is 0 Å². The number of phosphoric ester groups is 2. The first-order chi connectivity index (χ1) is 11.1. The van der Waals surface area contributed by atoms with E-state index in [0.717, 1.165) is 25.7 Å². The molecule has 0 fully saturated rings. The van der Waals surface area contributed by atoms with Gasteiger partial charge < -0.3 is 19.6 Å². The zero-order valence-corrected chi connectivity index (χ0v) is 16.6. The van der Waals surface area contributed by atoms with E-state index in [4.69, 9.17) is 19.6 Å². The lowest BCUT2D eigenvalue weighted by molar-refractivity contribution is 0.192. The maximum absolute atomic E-state index is 10.3. The highest BCUT2D eigenvalue weighted by Gasteiger charge is 2.12. The molecule has 0 bridgehead atoms. The Kier molecular flexibility index (Phi) is 18.4. The van der Waals surface area contributed by atoms with Gasteiger partial charge in [0.05, 0.1) is 13.2 Å². The molecule has 0 aromatic carbocycles. The van der Waals surface area contributed by atoms with Gasteiger partial charge in [-0.3, -0.25) is 9.05 Å². The van der Waals surface area contributed by atoms with E-state index < -0.39 is 15.6 Å². The molecule has 24 heavy (non-hydrogen) atoms. The molecule has 0 aliphatic rings. The fraction of sp³-hybridized carbons (Fsp3) is 1.00. The standard InChI is InChI=1S/C10H23O4P.C4H11O4P/c1-2-3-4-5-6-7-8-9-10-14-15(11,12)13;1-2-3-4-8-9(5,6)7/h2-10H2,1H3,(H2,11,12,13);2-4H2,1H3,(H2,5,6,7). The van der Waals surface area contributed by atoms with E-state index >= 15 is 0 Å². The summed E-state index contributed by atoms with van der Waals surface area (Å²) in [6.07, 6.45) is 10.8. The van der Waals surface area contributed by atoms with Crippen LogP contribution < -0.4 is 0 Å². The molecular formula is C14H34O8P2. The first kappa shape index (κ1) is 26.4. The second-order valence-corrected chi connectivity index (χ2v) is 7.95. The largest absolute Gasteiger partial charge is 0.469 e. The number of phosphoric acid groups is 2. The van der Waals surface area contributed by atoms with Crippen LogP contribution in [0.2, 0.25) is 0 Å². The van der Waals surface area contributed by atoms with Crippen molar-refractivity contribution >= 4 is 15.6 Å². The molecule has 0 radical (unpaired) electrons. The number of unbranched alkanes of at least 4 members (excludes halogenated alkanes) is 8. The molecule has 0 aliphatic heterocycles. The molecule has 0 aromatic rings. The summed E-state index contributed by atoms with van der Waals surface area (Å²) in [7, 11) is -8.43. The van der Waals surface area contributed by atoms with Gasteiger partial charge in [-0.05, 0) is 12.8 Å². The molecule has 4 N–H and O–H groups in total. The summed E-state index contributed by atoms with van der Waals surface area (Å²) in [4.78, 5) is 33.1. The van der Waals surface area contributed by atoms with Crippen LogP contribution in [-0.4, -0.2) is 32.8 Å². The van der Waals surface area contributed by atoms with Gasteiger partial charge in [-0.1, -0.05) is 65.2 Å². The molecule has 0 atom stereocenters. The van der Waals surface area contributed by atoms with E-state index in [1.807, 2.05) is 6.92 Å². The summed E-state index contributed by atoms with van der Waals surface area (Å²) < 4.78 is 28.8. The molecule has 0 spiro atoms. The third-order valence-corrected chi connectivity index (χ3v) is 4.05. The summed E-state index contributed by atoms with van der Waals surface area (Å²) in [6.45, 7) is 4.42. The molecule has 0 heterocycles. The van der Waals surface area contributed by atoms with Gasteiger partial charge in [0.1, 0.15) is 0 Å². The Balaban J connectivity index is 0. The van der Waals surface area contributed by atoms with Crippen LogP contribution in [0.3, 0.4) is 0 Å². The lowest BCUT2D eigenvalue weighted by Crippen LogP contribution is -1.92. The summed E-state index contributed by atoms with van der Waals surface area (Å²) in [5.41, 5.74) is 0. The van der Waals surface area contributed by atoms with E-state index in [-0.39, 0.29) is 13.2 Å². The van der Waals surface area contributed by atoms with Crippen molar-refractivity contribution in [2.75, 3.05) is 13.2 Å². The second kappa shape index (κ2) is 16.7. The van der Waals surface area contributed by atoms with Crippen LogP contribution in [0, 0.1) is 0 Å². The molecule has 148 valence electrons. The van der Waals surface area contributed by atoms with Gasteiger partial charge in [0.2, 0.25) is 0 Å². The molecule has 0 saturated carbocycles. The third-order valence-electron chi connectivity index (χ3n) is 3.01. The summed E-state index contributed by atoms with van der Waals surface area (Å²) in [6, 6.07) is 0. The van der Waals surface area contributed by atoms with Crippen molar-refractivity contribution < 1.29 is 37.8 Å². The smallest absolute Gasteiger partial charge is 0.303 e. The van der Waals surface area contributed by atoms with Gasteiger partial charge in [-0.25, -0.2) is 9.13 Å². The fourth-order valence-electron chi connectivity index (χ4n) is 1.75. The minimum atomic E-state index is -4.24. The van der Waals surface area contributed by atoms with Crippen LogP contribution in [0.5, 0.6) is 0 Å². The Morgan fingerprint density at radius 1 is 0.583 bits per heavy atom. The van der Waals surface area contributed by atoms with Crippen LogP contribution in [0.4, 0.5) is 0 Å². The molecular weight excluding hydrogens is 358 g/mol. The molecule has 10 heteroatoms. The topological polar surface area (TPSA) is 134 Å². The number of hydrogen-bond acceptors (Lipinski definition) is 4. The van der Waals surface area contributed by atoms with E-state index in [1.165, 1.54) is 32.1 Å². The van der Waals surface area contributed by atoms with Crippen molar-refractivity contribution in [3.63, 3.8) is 0 Å². The normalized spacial score (nSPS) is 11.9. The Morgan fingerprint density at radius 2 is 0.917 bits per heavy atom. The summed E-state index contributed by atoms with van der Waals surface area (Å²) in [5.74, 6) is 0. The van der Waals surface area contributed by atoms with Gasteiger partial charge in [0.25, 0.3) is 0 Å². The highest BCUT2D eigenvalue weighted by Crippen LogP contribution is 2.36. The Morgan fingerprint density at radius 3 is 1.29 bits per heavy atom. The quantitative estimate of drug-likeness (QED) is 0.256. The highest BCUT2D eigenvalue weighted by molar-refractivity contribution is 7.46. The average molecular weight is 392 g/mol. The lowest BCUT2D eigenvalue weighted by Gasteiger charge is -2.04. The first-order valence-electron chi connectivity index (χ1n) is 8.52. The second-order valence-electron chi connectivity index (χ2n) is 5.48. The minimum Gasteiger partial charge on any atom is -0.303 e. The zero-order valence-electron chi connectivity index (χ0n) is 14.8. The molecule has 0 aromatic heterocycles. The summed E-state index contributed by atoms with van der Waals surface area (Å²) >= 11 is 0. The summed E-state index contributed by atoms with van der Waals surface area (Å²) in [5, 5.41) is 0. The van der Waals surface area contributed by atoms with E-state index in [0.29, 0.717) is 6.42 Å². The maximum atomic E-state index is 10.3. The van der Waals surface area contributed by atoms with Gasteiger partial charge >= 0.3 is 15.6 Å². The SMILES string of the molecule is CCCCCCCCCCOP(=O)(O)O.CCCCOP(=O)(O)O. The first-order valence-corrected chi connectivity index (χ1v) is 11.6. The van der Waals surface area contributed by atoms with Crippen molar-refractivity contribution in [3.05, 3.63) is 0 Å². The van der Waals surface area contributed by atoms with Crippen LogP contribution >= 0.6 is 15.6 Å². The average Bonchev–Trinajstić information content (AvgIpc) is 2.44. The van der Waals surface area contributed by atoms with E-state index in [2.05, 4.69) is 16.0 Å². The van der Waals surface area contributed by atoms with Crippen molar-refractivity contribution in [2.45, 2.75) is 78.1 Å². The molecule has 0 amide bonds. The minimum absolute atomic E-state index is 0.140. The van der Waals surface area contributed by atoms with E-state index in [1.54, 1.807) is 0 Å². The molecule has 0 rings (SSSR count). The van der Waals surface area contributed by atoms with Crippen LogP contribution in [0.1, 0.15) is 78.1 Å². The Labute approximate surface area is 145 Å². The lowest BCUT2D eigenvalue weighted by atomic mass is 10.1. The van der Waals surface area contributed by atoms with E-state index in [9.17, 15) is 9.13 Å². The van der Waals surface area contributed by atoms with Crippen molar-refractivity contribution in [2.24, 2.45) is 0 Å². The molecule has 0 aliphatic carbocycles. The number of hydrogen-bond donors (Lipinski definition) is 4. The Hall–Kier alpha value is 0.220. The third kappa shape index (κ3) is 30.1. The fourth-order valence-corrected chi connectivity index (χ4v) is 2.48. The predicted octanol–water partition coefficient (Wildman–Crippen LogP) is 4.13. The van der Waals surface area contributed by atoms with Gasteiger partial charge in [-0.2, -0.15) is 0 Å². The van der Waals surface area contributed by atoms with Crippen molar-refractivity contribution in [1.29, 1.82) is 0 Å².